The van der Waals surface area contributed by atoms with E-state index in [0.717, 1.165) is 11.3 Å². The summed E-state index contributed by atoms with van der Waals surface area (Å²) in [4.78, 5) is 39.4. The van der Waals surface area contributed by atoms with Gasteiger partial charge in [0.05, 0.1) is 6.42 Å². The van der Waals surface area contributed by atoms with E-state index in [2.05, 4.69) is 5.32 Å². The Bertz CT molecular complexity index is 833. The standard InChI is InChI=1S/C19H21N3O3S/c1-12-14(18(20)24)6-2-7-15(12)21-19(25)16-8-3-9-22(16)17(23)11-13-5-4-10-26-13/h2,4-7,10,16H,3,8-9,11H2,1H3,(H2,20,24)(H,21,25). The summed E-state index contributed by atoms with van der Waals surface area (Å²) in [5.41, 5.74) is 6.91. The number of nitrogens with two attached hydrogens (primary N) is 1. The Hall–Kier alpha value is -2.67. The summed E-state index contributed by atoms with van der Waals surface area (Å²) in [6.07, 6.45) is 1.75. The van der Waals surface area contributed by atoms with Crippen LogP contribution >= 0.6 is 11.3 Å². The summed E-state index contributed by atoms with van der Waals surface area (Å²) in [6.45, 7) is 2.33. The molecule has 1 aromatic heterocycles. The molecule has 1 aliphatic rings. The van der Waals surface area contributed by atoms with Crippen molar-refractivity contribution in [1.29, 1.82) is 0 Å². The quantitative estimate of drug-likeness (QED) is 0.845. The second-order valence-electron chi connectivity index (χ2n) is 6.33. The monoisotopic (exact) mass is 371 g/mol. The molecule has 2 heterocycles. The van der Waals surface area contributed by atoms with E-state index in [-0.39, 0.29) is 11.8 Å². The Kier molecular flexibility index (Phi) is 5.37. The molecule has 7 heteroatoms. The zero-order valence-electron chi connectivity index (χ0n) is 14.5. The van der Waals surface area contributed by atoms with E-state index in [9.17, 15) is 14.4 Å². The number of rotatable bonds is 5. The average molecular weight is 371 g/mol. The highest BCUT2D eigenvalue weighted by Crippen LogP contribution is 2.23. The number of hydrogen-bond donors (Lipinski definition) is 2. The molecule has 1 fully saturated rings. The Balaban J connectivity index is 1.72. The summed E-state index contributed by atoms with van der Waals surface area (Å²) in [5.74, 6) is -0.799. The van der Waals surface area contributed by atoms with Gasteiger partial charge in [0.15, 0.2) is 0 Å². The van der Waals surface area contributed by atoms with Gasteiger partial charge in [-0.25, -0.2) is 0 Å². The third-order valence-corrected chi connectivity index (χ3v) is 5.51. The number of hydrogen-bond acceptors (Lipinski definition) is 4. The molecule has 3 amide bonds. The van der Waals surface area contributed by atoms with Gasteiger partial charge in [-0.3, -0.25) is 14.4 Å². The number of nitrogens with zero attached hydrogens (tertiary/aromatic N) is 1. The maximum Gasteiger partial charge on any atom is 0.249 e. The van der Waals surface area contributed by atoms with Crippen LogP contribution in [0.5, 0.6) is 0 Å². The lowest BCUT2D eigenvalue weighted by Gasteiger charge is -2.24. The number of benzene rings is 1. The van der Waals surface area contributed by atoms with Crippen LogP contribution in [0, 0.1) is 6.92 Å². The number of nitrogens with one attached hydrogen (secondary N) is 1. The van der Waals surface area contributed by atoms with Crippen LogP contribution in [-0.2, 0) is 16.0 Å². The molecule has 1 saturated heterocycles. The van der Waals surface area contributed by atoms with E-state index in [1.54, 1.807) is 30.0 Å². The minimum Gasteiger partial charge on any atom is -0.366 e. The molecule has 0 bridgehead atoms. The van der Waals surface area contributed by atoms with Gasteiger partial charge in [-0.05, 0) is 48.9 Å². The van der Waals surface area contributed by atoms with Crippen molar-refractivity contribution < 1.29 is 14.4 Å². The Morgan fingerprint density at radius 3 is 2.77 bits per heavy atom. The largest absolute Gasteiger partial charge is 0.366 e. The van der Waals surface area contributed by atoms with E-state index in [1.165, 1.54) is 11.3 Å². The highest BCUT2D eigenvalue weighted by Gasteiger charge is 2.34. The summed E-state index contributed by atoms with van der Waals surface area (Å²) in [5, 5.41) is 4.79. The lowest BCUT2D eigenvalue weighted by Crippen LogP contribution is -2.43. The Labute approximate surface area is 156 Å². The van der Waals surface area contributed by atoms with Gasteiger partial charge in [-0.15, -0.1) is 11.3 Å². The summed E-state index contributed by atoms with van der Waals surface area (Å²) >= 11 is 1.54. The van der Waals surface area contributed by atoms with Crippen LogP contribution < -0.4 is 11.1 Å². The Morgan fingerprint density at radius 1 is 1.27 bits per heavy atom. The van der Waals surface area contributed by atoms with Crippen LogP contribution in [0.15, 0.2) is 35.7 Å². The van der Waals surface area contributed by atoms with Crippen molar-refractivity contribution in [2.75, 3.05) is 11.9 Å². The number of thiophene rings is 1. The fourth-order valence-electron chi connectivity index (χ4n) is 3.26. The smallest absolute Gasteiger partial charge is 0.249 e. The van der Waals surface area contributed by atoms with E-state index in [4.69, 9.17) is 5.73 Å². The zero-order valence-corrected chi connectivity index (χ0v) is 15.3. The van der Waals surface area contributed by atoms with Gasteiger partial charge >= 0.3 is 0 Å². The highest BCUT2D eigenvalue weighted by molar-refractivity contribution is 7.10. The number of likely N-dealkylation sites (tertiary alicyclic amines) is 1. The third kappa shape index (κ3) is 3.77. The Morgan fingerprint density at radius 2 is 2.08 bits per heavy atom. The fraction of sp³-hybridized carbons (Fsp3) is 0.316. The first kappa shape index (κ1) is 18.1. The van der Waals surface area contributed by atoms with Crippen LogP contribution in [0.1, 0.15) is 33.6 Å². The average Bonchev–Trinajstić information content (AvgIpc) is 3.27. The molecule has 3 N–H and O–H groups in total. The van der Waals surface area contributed by atoms with Crippen molar-refractivity contribution in [1.82, 2.24) is 4.90 Å². The number of amides is 3. The molecule has 6 nitrogen and oxygen atoms in total. The van der Waals surface area contributed by atoms with E-state index in [1.807, 2.05) is 17.5 Å². The molecule has 26 heavy (non-hydrogen) atoms. The van der Waals surface area contributed by atoms with Gasteiger partial charge in [-0.1, -0.05) is 12.1 Å². The van der Waals surface area contributed by atoms with E-state index < -0.39 is 11.9 Å². The highest BCUT2D eigenvalue weighted by atomic mass is 32.1. The third-order valence-electron chi connectivity index (χ3n) is 4.64. The summed E-state index contributed by atoms with van der Waals surface area (Å²) < 4.78 is 0. The van der Waals surface area contributed by atoms with E-state index >= 15 is 0 Å². The molecule has 1 aromatic carbocycles. The molecular weight excluding hydrogens is 350 g/mol. The van der Waals surface area contributed by atoms with Crippen LogP contribution in [-0.4, -0.2) is 35.2 Å². The minimum absolute atomic E-state index is 0.0345. The molecule has 3 rings (SSSR count). The minimum atomic E-state index is -0.535. The molecule has 1 atom stereocenters. The molecule has 0 radical (unpaired) electrons. The van der Waals surface area contributed by atoms with Gasteiger partial charge in [0, 0.05) is 22.7 Å². The van der Waals surface area contributed by atoms with Crippen LogP contribution in [0.3, 0.4) is 0 Å². The van der Waals surface area contributed by atoms with E-state index in [0.29, 0.717) is 36.2 Å². The maximum atomic E-state index is 12.7. The van der Waals surface area contributed by atoms with Crippen molar-refractivity contribution in [3.63, 3.8) is 0 Å². The topological polar surface area (TPSA) is 92.5 Å². The predicted molar refractivity (Wildman–Crippen MR) is 101 cm³/mol. The molecule has 1 aliphatic heterocycles. The van der Waals surface area contributed by atoms with Gasteiger partial charge < -0.3 is 16.0 Å². The predicted octanol–water partition coefficient (Wildman–Crippen LogP) is 2.33. The van der Waals surface area contributed by atoms with Crippen molar-refractivity contribution in [3.8, 4) is 0 Å². The second kappa shape index (κ2) is 7.70. The molecule has 2 aromatic rings. The van der Waals surface area contributed by atoms with Crippen LogP contribution in [0.2, 0.25) is 0 Å². The van der Waals surface area contributed by atoms with Crippen molar-refractivity contribution in [2.45, 2.75) is 32.2 Å². The number of anilines is 1. The summed E-state index contributed by atoms with van der Waals surface area (Å²) in [6, 6.07) is 8.38. The van der Waals surface area contributed by atoms with Crippen molar-refractivity contribution >= 4 is 34.7 Å². The first-order chi connectivity index (χ1) is 12.5. The molecule has 1 unspecified atom stereocenters. The molecular formula is C19H21N3O3S. The zero-order chi connectivity index (χ0) is 18.7. The van der Waals surface area contributed by atoms with Crippen LogP contribution in [0.4, 0.5) is 5.69 Å². The second-order valence-corrected chi connectivity index (χ2v) is 7.37. The number of carbonyl (C=O) groups excluding carboxylic acids is 3. The van der Waals surface area contributed by atoms with Crippen molar-refractivity contribution in [2.24, 2.45) is 5.73 Å². The van der Waals surface area contributed by atoms with Crippen molar-refractivity contribution in [3.05, 3.63) is 51.7 Å². The molecule has 0 saturated carbocycles. The number of primary amides is 1. The lowest BCUT2D eigenvalue weighted by molar-refractivity contribution is -0.136. The first-order valence-electron chi connectivity index (χ1n) is 8.49. The first-order valence-corrected chi connectivity index (χ1v) is 9.37. The lowest BCUT2D eigenvalue weighted by atomic mass is 10.1. The van der Waals surface area contributed by atoms with Crippen LogP contribution in [0.25, 0.3) is 0 Å². The molecule has 0 spiro atoms. The maximum absolute atomic E-state index is 12.7. The molecule has 136 valence electrons. The SMILES string of the molecule is Cc1c(NC(=O)C2CCCN2C(=O)Cc2cccs2)cccc1C(N)=O. The van der Waals surface area contributed by atoms with Gasteiger partial charge in [0.2, 0.25) is 17.7 Å². The fourth-order valence-corrected chi connectivity index (χ4v) is 3.95. The van der Waals surface area contributed by atoms with Gasteiger partial charge in [0.1, 0.15) is 6.04 Å². The molecule has 0 aliphatic carbocycles. The normalized spacial score (nSPS) is 16.5. The van der Waals surface area contributed by atoms with Gasteiger partial charge in [-0.2, -0.15) is 0 Å². The summed E-state index contributed by atoms with van der Waals surface area (Å²) in [7, 11) is 0. The number of carbonyl (C=O) groups is 3. The van der Waals surface area contributed by atoms with Gasteiger partial charge in [0.25, 0.3) is 0 Å².